The van der Waals surface area contributed by atoms with Crippen LogP contribution in [0.4, 0.5) is 0 Å². The number of nitrogens with one attached hydrogen (secondary N) is 2. The smallest absolute Gasteiger partial charge is 0.340 e. The molecular formula is C18H19N3O7. The van der Waals surface area contributed by atoms with E-state index in [1.807, 2.05) is 0 Å². The molecule has 1 aromatic heterocycles. The van der Waals surface area contributed by atoms with Gasteiger partial charge in [-0.05, 0) is 13.0 Å². The normalized spacial score (nSPS) is 15.5. The second kappa shape index (κ2) is 7.51. The highest BCUT2D eigenvalue weighted by Gasteiger charge is 2.39. The van der Waals surface area contributed by atoms with E-state index < -0.39 is 23.1 Å². The molecule has 2 heterocycles. The van der Waals surface area contributed by atoms with Crippen LogP contribution in [-0.4, -0.2) is 36.8 Å². The molecule has 0 radical (unpaired) electrons. The number of methoxy groups -OCH3 is 2. The fourth-order valence-corrected chi connectivity index (χ4v) is 3.06. The monoisotopic (exact) mass is 389 g/mol. The Balaban J connectivity index is 2.33. The number of benzene rings is 1. The van der Waals surface area contributed by atoms with E-state index in [1.165, 1.54) is 14.2 Å². The van der Waals surface area contributed by atoms with Crippen molar-refractivity contribution in [1.82, 2.24) is 9.97 Å². The Labute approximate surface area is 158 Å². The predicted molar refractivity (Wildman–Crippen MR) is 97.5 cm³/mol. The third kappa shape index (κ3) is 3.20. The Kier molecular flexibility index (Phi) is 5.12. The highest BCUT2D eigenvalue weighted by molar-refractivity contribution is 5.92. The highest BCUT2D eigenvalue weighted by Crippen LogP contribution is 2.43. The van der Waals surface area contributed by atoms with E-state index in [9.17, 15) is 14.4 Å². The number of aromatic amines is 2. The zero-order chi connectivity index (χ0) is 20.4. The van der Waals surface area contributed by atoms with Gasteiger partial charge in [0.25, 0.3) is 5.56 Å². The molecule has 1 atom stereocenters. The van der Waals surface area contributed by atoms with E-state index in [1.54, 1.807) is 25.1 Å². The molecule has 0 unspecified atom stereocenters. The Hall–Kier alpha value is -3.69. The van der Waals surface area contributed by atoms with Crippen molar-refractivity contribution in [2.45, 2.75) is 12.8 Å². The number of rotatable bonds is 5. The lowest BCUT2D eigenvalue weighted by Crippen LogP contribution is -2.35. The highest BCUT2D eigenvalue weighted by atomic mass is 16.5. The van der Waals surface area contributed by atoms with Gasteiger partial charge in [-0.1, -0.05) is 6.07 Å². The van der Waals surface area contributed by atoms with Gasteiger partial charge in [0.2, 0.25) is 11.8 Å². The van der Waals surface area contributed by atoms with Crippen LogP contribution in [0.3, 0.4) is 0 Å². The molecule has 1 aromatic carbocycles. The maximum atomic E-state index is 12.6. The van der Waals surface area contributed by atoms with E-state index in [0.29, 0.717) is 17.1 Å². The van der Waals surface area contributed by atoms with Gasteiger partial charge in [-0.15, -0.1) is 0 Å². The Bertz CT molecular complexity index is 1070. The number of H-pyrrole nitrogens is 2. The summed E-state index contributed by atoms with van der Waals surface area (Å²) in [5.74, 6) is -1.32. The third-order valence-electron chi connectivity index (χ3n) is 4.25. The summed E-state index contributed by atoms with van der Waals surface area (Å²) in [6.45, 7) is 1.73. The molecular weight excluding hydrogens is 370 g/mol. The van der Waals surface area contributed by atoms with Crippen LogP contribution < -0.4 is 31.2 Å². The summed E-state index contributed by atoms with van der Waals surface area (Å²) >= 11 is 0. The number of carbonyl (C=O) groups excluding carboxylic acids is 1. The van der Waals surface area contributed by atoms with E-state index in [2.05, 4.69) is 9.97 Å². The fourth-order valence-electron chi connectivity index (χ4n) is 3.06. The van der Waals surface area contributed by atoms with Gasteiger partial charge >= 0.3 is 11.7 Å². The number of esters is 1. The summed E-state index contributed by atoms with van der Waals surface area (Å²) in [5.41, 5.74) is 4.83. The van der Waals surface area contributed by atoms with Crippen molar-refractivity contribution in [3.8, 4) is 17.4 Å². The Morgan fingerprint density at radius 2 is 1.96 bits per heavy atom. The van der Waals surface area contributed by atoms with E-state index >= 15 is 0 Å². The SMILES string of the molecule is CCOC(=O)C1=C(N)Oc2[nH]c(=O)[nH]c(=O)c2[C@@H]1c1ccc(OC)cc1OC. The fraction of sp³-hybridized carbons (Fsp3) is 0.278. The number of carbonyl (C=O) groups is 1. The number of aromatic nitrogens is 2. The summed E-state index contributed by atoms with van der Waals surface area (Å²) in [4.78, 5) is 41.4. The maximum Gasteiger partial charge on any atom is 0.340 e. The molecule has 28 heavy (non-hydrogen) atoms. The second-order valence-electron chi connectivity index (χ2n) is 5.79. The zero-order valence-electron chi connectivity index (χ0n) is 15.5. The molecule has 0 fully saturated rings. The van der Waals surface area contributed by atoms with Gasteiger partial charge < -0.3 is 24.7 Å². The number of nitrogens with two attached hydrogens (primary N) is 1. The summed E-state index contributed by atoms with van der Waals surface area (Å²) in [5, 5.41) is 0. The van der Waals surface area contributed by atoms with Gasteiger partial charge in [0.15, 0.2) is 0 Å². The Morgan fingerprint density at radius 3 is 2.61 bits per heavy atom. The lowest BCUT2D eigenvalue weighted by Gasteiger charge is -2.28. The summed E-state index contributed by atoms with van der Waals surface area (Å²) < 4.78 is 21.1. The van der Waals surface area contributed by atoms with Crippen LogP contribution in [0.15, 0.2) is 39.2 Å². The summed E-state index contributed by atoms with van der Waals surface area (Å²) in [6.07, 6.45) is 0. The molecule has 3 rings (SSSR count). The average Bonchev–Trinajstić information content (AvgIpc) is 2.66. The molecule has 10 nitrogen and oxygen atoms in total. The molecule has 4 N–H and O–H groups in total. The number of hydrogen-bond acceptors (Lipinski definition) is 8. The zero-order valence-corrected chi connectivity index (χ0v) is 15.5. The van der Waals surface area contributed by atoms with Gasteiger partial charge in [0, 0.05) is 11.6 Å². The summed E-state index contributed by atoms with van der Waals surface area (Å²) in [6, 6.07) is 4.88. The van der Waals surface area contributed by atoms with Crippen molar-refractivity contribution < 1.29 is 23.7 Å². The lowest BCUT2D eigenvalue weighted by molar-refractivity contribution is -0.139. The minimum atomic E-state index is -0.996. The van der Waals surface area contributed by atoms with Crippen LogP contribution in [0.25, 0.3) is 0 Å². The quantitative estimate of drug-likeness (QED) is 0.621. The van der Waals surface area contributed by atoms with E-state index in [0.717, 1.165) is 0 Å². The third-order valence-corrected chi connectivity index (χ3v) is 4.25. The first-order valence-electron chi connectivity index (χ1n) is 8.34. The molecule has 148 valence electrons. The molecule has 0 saturated carbocycles. The van der Waals surface area contributed by atoms with Crippen molar-refractivity contribution in [1.29, 1.82) is 0 Å². The second-order valence-corrected chi connectivity index (χ2v) is 5.79. The first kappa shape index (κ1) is 19.1. The van der Waals surface area contributed by atoms with Crippen molar-refractivity contribution >= 4 is 5.97 Å². The van der Waals surface area contributed by atoms with Gasteiger partial charge in [0.05, 0.1) is 32.3 Å². The van der Waals surface area contributed by atoms with Crippen LogP contribution in [0.5, 0.6) is 17.4 Å². The minimum absolute atomic E-state index is 0.000296. The van der Waals surface area contributed by atoms with Crippen LogP contribution in [0.2, 0.25) is 0 Å². The first-order valence-corrected chi connectivity index (χ1v) is 8.34. The molecule has 2 aromatic rings. The van der Waals surface area contributed by atoms with Crippen LogP contribution in [0.1, 0.15) is 24.0 Å². The van der Waals surface area contributed by atoms with Crippen molar-refractivity contribution in [2.75, 3.05) is 20.8 Å². The molecule has 1 aliphatic heterocycles. The van der Waals surface area contributed by atoms with Gasteiger partial charge in [-0.2, -0.15) is 0 Å². The molecule has 0 aliphatic carbocycles. The molecule has 0 saturated heterocycles. The number of fused-ring (bicyclic) bond motifs is 1. The number of ether oxygens (including phenoxy) is 4. The molecule has 0 bridgehead atoms. The van der Waals surface area contributed by atoms with Crippen LogP contribution in [-0.2, 0) is 9.53 Å². The van der Waals surface area contributed by atoms with E-state index in [-0.39, 0.29) is 29.5 Å². The summed E-state index contributed by atoms with van der Waals surface area (Å²) in [7, 11) is 2.93. The van der Waals surface area contributed by atoms with Crippen LogP contribution in [0, 0.1) is 0 Å². The standard InChI is InChI=1S/C18H19N3O7/c1-4-27-17(23)12-11(9-6-5-8(25-2)7-10(9)26-3)13-15(22)20-18(24)21-16(13)28-14(12)19/h5-7,11H,4,19H2,1-3H3,(H2,20,21,22,24)/t11-/m1/s1. The lowest BCUT2D eigenvalue weighted by atomic mass is 9.84. The minimum Gasteiger partial charge on any atom is -0.497 e. The van der Waals surface area contributed by atoms with Crippen molar-refractivity contribution in [3.05, 3.63) is 61.6 Å². The average molecular weight is 389 g/mol. The molecule has 0 spiro atoms. The van der Waals surface area contributed by atoms with Gasteiger partial charge in [-0.25, -0.2) is 9.59 Å². The van der Waals surface area contributed by atoms with Gasteiger partial charge in [-0.3, -0.25) is 14.8 Å². The number of hydrogen-bond donors (Lipinski definition) is 3. The molecule has 0 amide bonds. The largest absolute Gasteiger partial charge is 0.497 e. The van der Waals surface area contributed by atoms with Crippen LogP contribution >= 0.6 is 0 Å². The van der Waals surface area contributed by atoms with E-state index in [4.69, 9.17) is 24.7 Å². The maximum absolute atomic E-state index is 12.6. The Morgan fingerprint density at radius 1 is 1.21 bits per heavy atom. The van der Waals surface area contributed by atoms with Crippen molar-refractivity contribution in [3.63, 3.8) is 0 Å². The molecule has 1 aliphatic rings. The first-order chi connectivity index (χ1) is 13.4. The van der Waals surface area contributed by atoms with Crippen molar-refractivity contribution in [2.24, 2.45) is 5.73 Å². The molecule has 10 heteroatoms. The topological polar surface area (TPSA) is 146 Å². The predicted octanol–water partition coefficient (Wildman–Crippen LogP) is 0.338. The van der Waals surface area contributed by atoms with Gasteiger partial charge in [0.1, 0.15) is 17.1 Å².